The molecule has 0 aliphatic rings. The summed E-state index contributed by atoms with van der Waals surface area (Å²) in [5, 5.41) is 1.50. The summed E-state index contributed by atoms with van der Waals surface area (Å²) in [6.45, 7) is 2.45. The molecule has 2 heterocycles. The fourth-order valence-electron chi connectivity index (χ4n) is 3.44. The van der Waals surface area contributed by atoms with E-state index in [1.807, 2.05) is 6.92 Å². The fraction of sp³-hybridized carbons (Fsp3) is 0.217. The maximum Gasteiger partial charge on any atom is 0.332 e. The molecule has 1 amide bonds. The number of aromatic nitrogens is 4. The molecule has 0 radical (unpaired) electrons. The van der Waals surface area contributed by atoms with Gasteiger partial charge in [-0.05, 0) is 43.3 Å². The Morgan fingerprint density at radius 1 is 1.12 bits per heavy atom. The molecule has 10 heteroatoms. The second-order valence-corrected chi connectivity index (χ2v) is 7.32. The third-order valence-corrected chi connectivity index (χ3v) is 4.83. The first-order valence-electron chi connectivity index (χ1n) is 10.3. The number of imidazole rings is 1. The van der Waals surface area contributed by atoms with E-state index < -0.39 is 11.6 Å². The number of aromatic amines is 1. The van der Waals surface area contributed by atoms with Gasteiger partial charge in [0.2, 0.25) is 0 Å². The van der Waals surface area contributed by atoms with Crippen molar-refractivity contribution in [2.75, 3.05) is 27.8 Å². The molecule has 170 valence electrons. The number of fused-ring (bicyclic) bond motifs is 1. The Morgan fingerprint density at radius 3 is 2.52 bits per heavy atom. The van der Waals surface area contributed by atoms with Gasteiger partial charge in [0.15, 0.2) is 17.2 Å². The largest absolute Gasteiger partial charge is 0.495 e. The van der Waals surface area contributed by atoms with E-state index in [0.29, 0.717) is 29.4 Å². The SMILES string of the molecule is CCOc1ccc(-c2nc(C(=O)NN(C)C)c3[nH]c(=O)n(-c4ccccc4OC)c3n2)cc1. The minimum Gasteiger partial charge on any atom is -0.495 e. The number of para-hydroxylation sites is 2. The quantitative estimate of drug-likeness (QED) is 0.417. The van der Waals surface area contributed by atoms with Crippen molar-refractivity contribution in [1.29, 1.82) is 0 Å². The van der Waals surface area contributed by atoms with Crippen LogP contribution in [0, 0.1) is 0 Å². The Balaban J connectivity index is 1.98. The van der Waals surface area contributed by atoms with Crippen molar-refractivity contribution < 1.29 is 14.3 Å². The average Bonchev–Trinajstić information content (AvgIpc) is 3.14. The highest BCUT2D eigenvalue weighted by molar-refractivity contribution is 6.02. The lowest BCUT2D eigenvalue weighted by atomic mass is 10.2. The van der Waals surface area contributed by atoms with Crippen LogP contribution in [-0.4, -0.2) is 58.2 Å². The monoisotopic (exact) mass is 448 g/mol. The van der Waals surface area contributed by atoms with E-state index in [0.717, 1.165) is 0 Å². The minimum absolute atomic E-state index is 0.0448. The van der Waals surface area contributed by atoms with Gasteiger partial charge in [0.05, 0.1) is 19.4 Å². The van der Waals surface area contributed by atoms with Crippen LogP contribution < -0.4 is 20.6 Å². The fourth-order valence-corrected chi connectivity index (χ4v) is 3.44. The molecule has 0 aliphatic carbocycles. The maximum atomic E-state index is 13.0. The van der Waals surface area contributed by atoms with E-state index in [1.54, 1.807) is 62.6 Å². The van der Waals surface area contributed by atoms with Crippen LogP contribution in [0.1, 0.15) is 17.4 Å². The van der Waals surface area contributed by atoms with E-state index in [4.69, 9.17) is 9.47 Å². The topological polar surface area (TPSA) is 114 Å². The summed E-state index contributed by atoms with van der Waals surface area (Å²) >= 11 is 0. The smallest absolute Gasteiger partial charge is 0.332 e. The Bertz CT molecular complexity index is 1360. The lowest BCUT2D eigenvalue weighted by molar-refractivity contribution is 0.0853. The number of hydrazine groups is 1. The molecule has 0 saturated carbocycles. The van der Waals surface area contributed by atoms with E-state index in [-0.39, 0.29) is 22.7 Å². The number of methoxy groups -OCH3 is 1. The number of benzene rings is 2. The number of carbonyl (C=O) groups is 1. The van der Waals surface area contributed by atoms with Gasteiger partial charge in [-0.25, -0.2) is 24.3 Å². The zero-order chi connectivity index (χ0) is 23.5. The number of nitrogens with zero attached hydrogens (tertiary/aromatic N) is 4. The van der Waals surface area contributed by atoms with Crippen LogP contribution in [-0.2, 0) is 0 Å². The molecule has 10 nitrogen and oxygen atoms in total. The van der Waals surface area contributed by atoms with Gasteiger partial charge in [0.25, 0.3) is 5.91 Å². The predicted molar refractivity (Wildman–Crippen MR) is 124 cm³/mol. The Kier molecular flexibility index (Phi) is 6.09. The molecule has 0 unspecified atom stereocenters. The average molecular weight is 448 g/mol. The van der Waals surface area contributed by atoms with Crippen molar-refractivity contribution in [2.24, 2.45) is 0 Å². The van der Waals surface area contributed by atoms with Gasteiger partial charge in [-0.1, -0.05) is 12.1 Å². The number of ether oxygens (including phenoxy) is 2. The van der Waals surface area contributed by atoms with E-state index in [1.165, 1.54) is 16.7 Å². The highest BCUT2D eigenvalue weighted by atomic mass is 16.5. The van der Waals surface area contributed by atoms with Crippen LogP contribution in [0.5, 0.6) is 11.5 Å². The van der Waals surface area contributed by atoms with Gasteiger partial charge in [-0.2, -0.15) is 0 Å². The molecule has 33 heavy (non-hydrogen) atoms. The first-order valence-corrected chi connectivity index (χ1v) is 10.3. The zero-order valence-corrected chi connectivity index (χ0v) is 18.7. The molecule has 0 fully saturated rings. The lowest BCUT2D eigenvalue weighted by Crippen LogP contribution is -2.36. The van der Waals surface area contributed by atoms with Crippen LogP contribution in [0.3, 0.4) is 0 Å². The van der Waals surface area contributed by atoms with Gasteiger partial charge in [-0.15, -0.1) is 0 Å². The van der Waals surface area contributed by atoms with Crippen molar-refractivity contribution in [3.63, 3.8) is 0 Å². The molecular formula is C23H24N6O4. The maximum absolute atomic E-state index is 13.0. The Hall–Kier alpha value is -4.18. The number of hydrogen-bond donors (Lipinski definition) is 2. The number of hydrogen-bond acceptors (Lipinski definition) is 7. The molecule has 0 atom stereocenters. The molecule has 4 aromatic rings. The molecule has 4 rings (SSSR count). The highest BCUT2D eigenvalue weighted by Crippen LogP contribution is 2.27. The summed E-state index contributed by atoms with van der Waals surface area (Å²) in [6.07, 6.45) is 0. The first-order chi connectivity index (χ1) is 15.9. The van der Waals surface area contributed by atoms with Crippen molar-refractivity contribution in [1.82, 2.24) is 30.0 Å². The third-order valence-electron chi connectivity index (χ3n) is 4.83. The summed E-state index contributed by atoms with van der Waals surface area (Å²) in [5.41, 5.74) is 3.89. The van der Waals surface area contributed by atoms with E-state index in [2.05, 4.69) is 20.4 Å². The second kappa shape index (κ2) is 9.13. The zero-order valence-electron chi connectivity index (χ0n) is 18.7. The van der Waals surface area contributed by atoms with Crippen LogP contribution >= 0.6 is 0 Å². The van der Waals surface area contributed by atoms with Crippen LogP contribution in [0.15, 0.2) is 53.3 Å². The summed E-state index contributed by atoms with van der Waals surface area (Å²) in [4.78, 5) is 37.8. The first kappa shape index (κ1) is 22.0. The number of nitrogens with one attached hydrogen (secondary N) is 2. The summed E-state index contributed by atoms with van der Waals surface area (Å²) in [6, 6.07) is 14.3. The van der Waals surface area contributed by atoms with Crippen molar-refractivity contribution in [3.05, 3.63) is 64.7 Å². The van der Waals surface area contributed by atoms with Gasteiger partial charge >= 0.3 is 5.69 Å². The van der Waals surface area contributed by atoms with Crippen LogP contribution in [0.4, 0.5) is 0 Å². The standard InChI is InChI=1S/C23H24N6O4/c1-5-33-15-12-10-14(11-13-15)20-24-19(22(30)27-28(2)3)18-21(26-20)29(23(31)25-18)16-8-6-7-9-17(16)32-4/h6-13H,5H2,1-4H3,(H,25,31)(H,27,30). The number of rotatable bonds is 7. The molecular weight excluding hydrogens is 424 g/mol. The molecule has 2 N–H and O–H groups in total. The van der Waals surface area contributed by atoms with Crippen LogP contribution in [0.2, 0.25) is 0 Å². The number of H-pyrrole nitrogens is 1. The van der Waals surface area contributed by atoms with Gasteiger partial charge in [-0.3, -0.25) is 10.2 Å². The van der Waals surface area contributed by atoms with Crippen molar-refractivity contribution in [3.8, 4) is 28.6 Å². The van der Waals surface area contributed by atoms with Crippen LogP contribution in [0.25, 0.3) is 28.2 Å². The highest BCUT2D eigenvalue weighted by Gasteiger charge is 2.23. The number of amides is 1. The van der Waals surface area contributed by atoms with Gasteiger partial charge < -0.3 is 14.5 Å². The normalized spacial score (nSPS) is 11.1. The number of carbonyl (C=O) groups excluding carboxylic acids is 1. The third kappa shape index (κ3) is 4.28. The van der Waals surface area contributed by atoms with Crippen molar-refractivity contribution >= 4 is 17.1 Å². The van der Waals surface area contributed by atoms with E-state index in [9.17, 15) is 9.59 Å². The summed E-state index contributed by atoms with van der Waals surface area (Å²) < 4.78 is 12.3. The molecule has 0 bridgehead atoms. The second-order valence-electron chi connectivity index (χ2n) is 7.32. The minimum atomic E-state index is -0.479. The van der Waals surface area contributed by atoms with Crippen molar-refractivity contribution in [2.45, 2.75) is 6.92 Å². The van der Waals surface area contributed by atoms with Gasteiger partial charge in [0, 0.05) is 19.7 Å². The Morgan fingerprint density at radius 2 is 1.85 bits per heavy atom. The summed E-state index contributed by atoms with van der Waals surface area (Å²) in [5.74, 6) is 1.01. The lowest BCUT2D eigenvalue weighted by Gasteiger charge is -2.13. The molecule has 2 aromatic heterocycles. The Labute approximate surface area is 189 Å². The molecule has 2 aromatic carbocycles. The van der Waals surface area contributed by atoms with Gasteiger partial charge in [0.1, 0.15) is 17.0 Å². The van der Waals surface area contributed by atoms with E-state index >= 15 is 0 Å². The summed E-state index contributed by atoms with van der Waals surface area (Å²) in [7, 11) is 4.90. The molecule has 0 spiro atoms. The predicted octanol–water partition coefficient (Wildman–Crippen LogP) is 2.39. The molecule has 0 aliphatic heterocycles. The molecule has 0 saturated heterocycles.